The average Bonchev–Trinajstić information content (AvgIpc) is 2.88. The highest BCUT2D eigenvalue weighted by atomic mass is 79.9. The van der Waals surface area contributed by atoms with Crippen molar-refractivity contribution in [1.29, 1.82) is 0 Å². The first-order valence-electron chi connectivity index (χ1n) is 6.67. The topological polar surface area (TPSA) is 0 Å². The Morgan fingerprint density at radius 3 is 2.47 bits per heavy atom. The second-order valence-electron chi connectivity index (χ2n) is 5.25. The number of halogens is 2. The monoisotopic (exact) mass is 318 g/mol. The van der Waals surface area contributed by atoms with Crippen molar-refractivity contribution < 1.29 is 4.39 Å². The van der Waals surface area contributed by atoms with Crippen LogP contribution in [0.2, 0.25) is 0 Å². The summed E-state index contributed by atoms with van der Waals surface area (Å²) in [5.41, 5.74) is 6.02. The Bertz CT molecular complexity index is 619. The van der Waals surface area contributed by atoms with Gasteiger partial charge in [-0.2, -0.15) is 0 Å². The van der Waals surface area contributed by atoms with E-state index < -0.39 is 0 Å². The van der Waals surface area contributed by atoms with E-state index in [4.69, 9.17) is 0 Å². The summed E-state index contributed by atoms with van der Waals surface area (Å²) in [7, 11) is 0. The van der Waals surface area contributed by atoms with E-state index in [1.807, 2.05) is 12.1 Å². The highest BCUT2D eigenvalue weighted by molar-refractivity contribution is 9.09. The van der Waals surface area contributed by atoms with Crippen LogP contribution in [-0.2, 0) is 12.8 Å². The Labute approximate surface area is 121 Å². The van der Waals surface area contributed by atoms with E-state index in [1.54, 1.807) is 13.0 Å². The van der Waals surface area contributed by atoms with E-state index in [0.717, 1.165) is 5.56 Å². The molecule has 0 saturated heterocycles. The van der Waals surface area contributed by atoms with Gasteiger partial charge >= 0.3 is 0 Å². The van der Waals surface area contributed by atoms with Crippen molar-refractivity contribution in [3.63, 3.8) is 0 Å². The summed E-state index contributed by atoms with van der Waals surface area (Å²) >= 11 is 3.74. The number of fused-ring (bicyclic) bond motifs is 1. The lowest BCUT2D eigenvalue weighted by atomic mass is 9.99. The smallest absolute Gasteiger partial charge is 0.126 e. The molecule has 0 saturated carbocycles. The fourth-order valence-corrected chi connectivity index (χ4v) is 3.34. The molecule has 0 aliphatic heterocycles. The third-order valence-corrected chi connectivity index (χ3v) is 4.95. The van der Waals surface area contributed by atoms with E-state index in [-0.39, 0.29) is 10.6 Å². The van der Waals surface area contributed by atoms with Crippen LogP contribution in [0.15, 0.2) is 36.4 Å². The molecule has 0 amide bonds. The summed E-state index contributed by atoms with van der Waals surface area (Å²) in [5, 5.41) is 0. The van der Waals surface area contributed by atoms with Crippen LogP contribution < -0.4 is 0 Å². The van der Waals surface area contributed by atoms with Crippen molar-refractivity contribution in [3.8, 4) is 0 Å². The number of alkyl halides is 1. The Morgan fingerprint density at radius 1 is 1.00 bits per heavy atom. The van der Waals surface area contributed by atoms with Gasteiger partial charge in [0.1, 0.15) is 5.82 Å². The van der Waals surface area contributed by atoms with Gasteiger partial charge in [-0.15, -0.1) is 0 Å². The van der Waals surface area contributed by atoms with Crippen molar-refractivity contribution >= 4 is 15.9 Å². The van der Waals surface area contributed by atoms with Gasteiger partial charge in [-0.1, -0.05) is 46.3 Å². The lowest BCUT2D eigenvalue weighted by Crippen LogP contribution is -1.96. The van der Waals surface area contributed by atoms with E-state index in [0.29, 0.717) is 5.56 Å². The van der Waals surface area contributed by atoms with Crippen molar-refractivity contribution in [2.75, 3.05) is 0 Å². The number of rotatable bonds is 2. The van der Waals surface area contributed by atoms with Crippen LogP contribution in [0.5, 0.6) is 0 Å². The van der Waals surface area contributed by atoms with Gasteiger partial charge < -0.3 is 0 Å². The molecule has 98 valence electrons. The summed E-state index contributed by atoms with van der Waals surface area (Å²) in [6, 6.07) is 12.0. The number of hydrogen-bond acceptors (Lipinski definition) is 0. The molecule has 0 nitrogen and oxygen atoms in total. The lowest BCUT2D eigenvalue weighted by molar-refractivity contribution is 0.618. The molecule has 2 aromatic carbocycles. The maximum Gasteiger partial charge on any atom is 0.126 e. The Kier molecular flexibility index (Phi) is 3.44. The molecule has 0 aromatic heterocycles. The van der Waals surface area contributed by atoms with Gasteiger partial charge in [0.25, 0.3) is 0 Å². The Hall–Kier alpha value is -1.15. The average molecular weight is 319 g/mol. The van der Waals surface area contributed by atoms with Gasteiger partial charge in [0.15, 0.2) is 0 Å². The zero-order valence-corrected chi connectivity index (χ0v) is 12.5. The van der Waals surface area contributed by atoms with Crippen LogP contribution in [-0.4, -0.2) is 0 Å². The zero-order chi connectivity index (χ0) is 13.4. The molecule has 19 heavy (non-hydrogen) atoms. The molecule has 1 atom stereocenters. The molecule has 1 unspecified atom stereocenters. The minimum atomic E-state index is -0.141. The van der Waals surface area contributed by atoms with Gasteiger partial charge in [0.05, 0.1) is 4.83 Å². The van der Waals surface area contributed by atoms with Crippen LogP contribution in [0.1, 0.15) is 39.1 Å². The minimum Gasteiger partial charge on any atom is -0.207 e. The van der Waals surface area contributed by atoms with E-state index in [9.17, 15) is 4.39 Å². The molecule has 0 bridgehead atoms. The van der Waals surface area contributed by atoms with E-state index in [1.165, 1.54) is 36.0 Å². The first-order chi connectivity index (χ1) is 9.15. The number of benzene rings is 2. The van der Waals surface area contributed by atoms with Crippen LogP contribution in [0.4, 0.5) is 4.39 Å². The molecular formula is C17H16BrF. The standard InChI is InChI=1S/C17H16BrF/c1-11-9-14(7-8-16(11)19)17(18)15-6-5-12-3-2-4-13(12)10-15/h5-10,17H,2-4H2,1H3. The summed E-state index contributed by atoms with van der Waals surface area (Å²) in [6.07, 6.45) is 3.66. The lowest BCUT2D eigenvalue weighted by Gasteiger charge is -2.13. The van der Waals surface area contributed by atoms with Crippen LogP contribution in [0, 0.1) is 12.7 Å². The Balaban J connectivity index is 1.94. The van der Waals surface area contributed by atoms with Crippen LogP contribution in [0.25, 0.3) is 0 Å². The molecule has 2 aromatic rings. The molecular weight excluding hydrogens is 303 g/mol. The third-order valence-electron chi connectivity index (χ3n) is 3.89. The number of hydrogen-bond donors (Lipinski definition) is 0. The van der Waals surface area contributed by atoms with Gasteiger partial charge in [0, 0.05) is 0 Å². The molecule has 1 aliphatic rings. The second-order valence-corrected chi connectivity index (χ2v) is 6.17. The maximum absolute atomic E-state index is 13.3. The largest absolute Gasteiger partial charge is 0.207 e. The first-order valence-corrected chi connectivity index (χ1v) is 7.58. The molecule has 0 fully saturated rings. The van der Waals surface area contributed by atoms with Gasteiger partial charge in [-0.25, -0.2) is 4.39 Å². The first kappa shape index (κ1) is 12.9. The molecule has 2 heteroatoms. The zero-order valence-electron chi connectivity index (χ0n) is 10.9. The molecule has 0 radical (unpaired) electrons. The maximum atomic E-state index is 13.3. The highest BCUT2D eigenvalue weighted by Crippen LogP contribution is 2.34. The minimum absolute atomic E-state index is 0.137. The van der Waals surface area contributed by atoms with Gasteiger partial charge in [-0.3, -0.25) is 0 Å². The third kappa shape index (κ3) is 2.46. The quantitative estimate of drug-likeness (QED) is 0.675. The summed E-state index contributed by atoms with van der Waals surface area (Å²) in [4.78, 5) is 0.137. The molecule has 0 heterocycles. The summed E-state index contributed by atoms with van der Waals surface area (Å²) in [5.74, 6) is -0.141. The van der Waals surface area contributed by atoms with E-state index in [2.05, 4.69) is 34.1 Å². The summed E-state index contributed by atoms with van der Waals surface area (Å²) in [6.45, 7) is 1.81. The van der Waals surface area contributed by atoms with Crippen molar-refractivity contribution in [1.82, 2.24) is 0 Å². The highest BCUT2D eigenvalue weighted by Gasteiger charge is 2.16. The fourth-order valence-electron chi connectivity index (χ4n) is 2.77. The summed E-state index contributed by atoms with van der Waals surface area (Å²) < 4.78 is 13.3. The van der Waals surface area contributed by atoms with E-state index >= 15 is 0 Å². The van der Waals surface area contributed by atoms with Crippen molar-refractivity contribution in [2.24, 2.45) is 0 Å². The van der Waals surface area contributed by atoms with Gasteiger partial charge in [-0.05, 0) is 60.1 Å². The predicted octanol–water partition coefficient (Wildman–Crippen LogP) is 5.11. The molecule has 0 N–H and O–H groups in total. The van der Waals surface area contributed by atoms with Gasteiger partial charge in [0.2, 0.25) is 0 Å². The van der Waals surface area contributed by atoms with Crippen LogP contribution >= 0.6 is 15.9 Å². The molecule has 0 spiro atoms. The van der Waals surface area contributed by atoms with Crippen LogP contribution in [0.3, 0.4) is 0 Å². The SMILES string of the molecule is Cc1cc(C(Br)c2ccc3c(c2)CCC3)ccc1F. The predicted molar refractivity (Wildman–Crippen MR) is 80.4 cm³/mol. The number of aryl methyl sites for hydroxylation is 3. The normalized spacial score (nSPS) is 15.3. The van der Waals surface area contributed by atoms with Crippen molar-refractivity contribution in [2.45, 2.75) is 31.0 Å². The van der Waals surface area contributed by atoms with Crippen molar-refractivity contribution in [3.05, 3.63) is 70.0 Å². The Morgan fingerprint density at radius 2 is 1.68 bits per heavy atom. The molecule has 1 aliphatic carbocycles. The second kappa shape index (κ2) is 5.09. The fraction of sp³-hybridized carbons (Fsp3) is 0.294. The molecule has 3 rings (SSSR count).